The van der Waals surface area contributed by atoms with E-state index in [0.717, 1.165) is 31.1 Å². The van der Waals surface area contributed by atoms with Crippen molar-refractivity contribution in [2.24, 2.45) is 11.7 Å². The first-order valence-corrected chi connectivity index (χ1v) is 8.08. The Labute approximate surface area is 124 Å². The number of rotatable bonds is 5. The van der Waals surface area contributed by atoms with E-state index in [-0.39, 0.29) is 11.9 Å². The molecule has 0 radical (unpaired) electrons. The average Bonchev–Trinajstić information content (AvgIpc) is 3.05. The molecule has 1 aliphatic heterocycles. The highest BCUT2D eigenvalue weighted by Crippen LogP contribution is 2.18. The number of carbonyl (C=O) groups excluding carboxylic acids is 1. The molecule has 1 saturated heterocycles. The van der Waals surface area contributed by atoms with Crippen LogP contribution in [0.5, 0.6) is 0 Å². The van der Waals surface area contributed by atoms with Gasteiger partial charge in [-0.25, -0.2) is 4.98 Å². The van der Waals surface area contributed by atoms with Gasteiger partial charge >= 0.3 is 0 Å². The Kier molecular flexibility index (Phi) is 5.12. The van der Waals surface area contributed by atoms with Crippen LogP contribution in [0.1, 0.15) is 48.7 Å². The molecule has 1 fully saturated rings. The molecule has 0 saturated carbocycles. The molecule has 2 rings (SSSR count). The number of carbonyl (C=O) groups is 1. The molecule has 1 amide bonds. The van der Waals surface area contributed by atoms with Gasteiger partial charge in [0.05, 0.1) is 6.04 Å². The Morgan fingerprint density at radius 1 is 1.60 bits per heavy atom. The summed E-state index contributed by atoms with van der Waals surface area (Å²) in [5.41, 5.74) is 6.24. The zero-order chi connectivity index (χ0) is 14.7. The molecule has 0 aromatic carbocycles. The fraction of sp³-hybridized carbons (Fsp3) is 0.714. The van der Waals surface area contributed by atoms with Gasteiger partial charge in [-0.2, -0.15) is 0 Å². The van der Waals surface area contributed by atoms with E-state index in [1.165, 1.54) is 11.3 Å². The molecule has 20 heavy (non-hydrogen) atoms. The highest BCUT2D eigenvalue weighted by atomic mass is 32.1. The topological polar surface area (TPSA) is 71.2 Å². The molecule has 6 heteroatoms. The van der Waals surface area contributed by atoms with E-state index in [9.17, 15) is 4.79 Å². The first kappa shape index (κ1) is 15.4. The molecular weight excluding hydrogens is 272 g/mol. The van der Waals surface area contributed by atoms with E-state index < -0.39 is 0 Å². The SMILES string of the molecule is CC(N)c1nc(C(=O)NCC2CCN(C(C)C)C2)cs1. The summed E-state index contributed by atoms with van der Waals surface area (Å²) in [6.07, 6.45) is 1.15. The lowest BCUT2D eigenvalue weighted by Crippen LogP contribution is -2.33. The maximum atomic E-state index is 12.0. The maximum Gasteiger partial charge on any atom is 0.270 e. The zero-order valence-corrected chi connectivity index (χ0v) is 13.2. The van der Waals surface area contributed by atoms with Crippen LogP contribution < -0.4 is 11.1 Å². The molecule has 2 heterocycles. The number of hydrogen-bond donors (Lipinski definition) is 2. The minimum Gasteiger partial charge on any atom is -0.350 e. The van der Waals surface area contributed by atoms with Crippen LogP contribution in [0.25, 0.3) is 0 Å². The van der Waals surface area contributed by atoms with E-state index in [1.54, 1.807) is 5.38 Å². The minimum absolute atomic E-state index is 0.0869. The number of thiazole rings is 1. The Morgan fingerprint density at radius 3 is 2.90 bits per heavy atom. The van der Waals surface area contributed by atoms with Gasteiger partial charge in [-0.15, -0.1) is 11.3 Å². The van der Waals surface area contributed by atoms with Gasteiger partial charge < -0.3 is 16.0 Å². The van der Waals surface area contributed by atoms with Crippen molar-refractivity contribution in [3.05, 3.63) is 16.1 Å². The van der Waals surface area contributed by atoms with Gasteiger partial charge in [0.1, 0.15) is 10.7 Å². The van der Waals surface area contributed by atoms with Gasteiger partial charge in [-0.3, -0.25) is 4.79 Å². The van der Waals surface area contributed by atoms with E-state index >= 15 is 0 Å². The van der Waals surface area contributed by atoms with Crippen molar-refractivity contribution in [2.45, 2.75) is 39.3 Å². The van der Waals surface area contributed by atoms with Crippen molar-refractivity contribution < 1.29 is 4.79 Å². The Morgan fingerprint density at radius 2 is 2.35 bits per heavy atom. The molecule has 1 aromatic rings. The van der Waals surface area contributed by atoms with Crippen LogP contribution in [0.4, 0.5) is 0 Å². The van der Waals surface area contributed by atoms with Crippen molar-refractivity contribution in [3.63, 3.8) is 0 Å². The summed E-state index contributed by atoms with van der Waals surface area (Å²) < 4.78 is 0. The van der Waals surface area contributed by atoms with E-state index in [1.807, 2.05) is 6.92 Å². The smallest absolute Gasteiger partial charge is 0.270 e. The lowest BCUT2D eigenvalue weighted by Gasteiger charge is -2.20. The molecule has 0 bridgehead atoms. The zero-order valence-electron chi connectivity index (χ0n) is 12.4. The number of aromatic nitrogens is 1. The normalized spacial score (nSPS) is 21.4. The monoisotopic (exact) mass is 296 g/mol. The van der Waals surface area contributed by atoms with Crippen LogP contribution in [-0.4, -0.2) is 41.5 Å². The number of amides is 1. The largest absolute Gasteiger partial charge is 0.350 e. The summed E-state index contributed by atoms with van der Waals surface area (Å²) in [6, 6.07) is 0.471. The summed E-state index contributed by atoms with van der Waals surface area (Å²) in [7, 11) is 0. The van der Waals surface area contributed by atoms with Crippen LogP contribution in [0, 0.1) is 5.92 Å². The summed E-state index contributed by atoms with van der Waals surface area (Å²) in [5.74, 6) is 0.462. The Hall–Kier alpha value is -0.980. The van der Waals surface area contributed by atoms with E-state index in [0.29, 0.717) is 17.7 Å². The van der Waals surface area contributed by atoms with Crippen LogP contribution in [0.15, 0.2) is 5.38 Å². The average molecular weight is 296 g/mol. The quantitative estimate of drug-likeness (QED) is 0.866. The predicted octanol–water partition coefficient (Wildman–Crippen LogP) is 1.62. The molecule has 1 aliphatic rings. The third-order valence-electron chi connectivity index (χ3n) is 3.74. The van der Waals surface area contributed by atoms with Crippen molar-refractivity contribution in [3.8, 4) is 0 Å². The number of nitrogens with zero attached hydrogens (tertiary/aromatic N) is 2. The molecule has 0 aliphatic carbocycles. The van der Waals surface area contributed by atoms with Gasteiger partial charge in [0.15, 0.2) is 0 Å². The first-order valence-electron chi connectivity index (χ1n) is 7.20. The molecule has 1 aromatic heterocycles. The lowest BCUT2D eigenvalue weighted by atomic mass is 10.1. The number of nitrogens with one attached hydrogen (secondary N) is 1. The molecule has 5 nitrogen and oxygen atoms in total. The second kappa shape index (κ2) is 6.65. The van der Waals surface area contributed by atoms with E-state index in [4.69, 9.17) is 5.73 Å². The molecule has 0 spiro atoms. The van der Waals surface area contributed by atoms with Gasteiger partial charge in [0, 0.05) is 24.5 Å². The molecule has 2 unspecified atom stereocenters. The van der Waals surface area contributed by atoms with Gasteiger partial charge in [-0.1, -0.05) is 0 Å². The number of likely N-dealkylation sites (tertiary alicyclic amines) is 1. The molecule has 112 valence electrons. The van der Waals surface area contributed by atoms with Crippen molar-refractivity contribution in [2.75, 3.05) is 19.6 Å². The Balaban J connectivity index is 1.80. The van der Waals surface area contributed by atoms with Crippen LogP contribution in [0.2, 0.25) is 0 Å². The summed E-state index contributed by atoms with van der Waals surface area (Å²) in [4.78, 5) is 18.8. The van der Waals surface area contributed by atoms with Crippen LogP contribution in [0.3, 0.4) is 0 Å². The highest BCUT2D eigenvalue weighted by Gasteiger charge is 2.24. The first-order chi connectivity index (χ1) is 9.47. The minimum atomic E-state index is -0.115. The number of nitrogens with two attached hydrogens (primary N) is 1. The maximum absolute atomic E-state index is 12.0. The number of hydrogen-bond acceptors (Lipinski definition) is 5. The third-order valence-corrected chi connectivity index (χ3v) is 4.79. The van der Waals surface area contributed by atoms with Gasteiger partial charge in [0.25, 0.3) is 5.91 Å². The Bertz CT molecular complexity index is 458. The molecular formula is C14H24N4OS. The summed E-state index contributed by atoms with van der Waals surface area (Å²) in [5, 5.41) is 5.58. The highest BCUT2D eigenvalue weighted by molar-refractivity contribution is 7.09. The van der Waals surface area contributed by atoms with E-state index in [2.05, 4.69) is 29.0 Å². The molecule has 2 atom stereocenters. The van der Waals surface area contributed by atoms with Crippen molar-refractivity contribution in [1.82, 2.24) is 15.2 Å². The fourth-order valence-corrected chi connectivity index (χ4v) is 3.18. The van der Waals surface area contributed by atoms with Gasteiger partial charge in [0.2, 0.25) is 0 Å². The summed E-state index contributed by atoms with van der Waals surface area (Å²) in [6.45, 7) is 9.23. The van der Waals surface area contributed by atoms with Gasteiger partial charge in [-0.05, 0) is 39.7 Å². The van der Waals surface area contributed by atoms with Crippen molar-refractivity contribution >= 4 is 17.2 Å². The summed E-state index contributed by atoms with van der Waals surface area (Å²) >= 11 is 1.44. The third kappa shape index (κ3) is 3.77. The lowest BCUT2D eigenvalue weighted by molar-refractivity contribution is 0.0942. The second-order valence-corrected chi connectivity index (χ2v) is 6.70. The fourth-order valence-electron chi connectivity index (χ4n) is 2.43. The van der Waals surface area contributed by atoms with Crippen molar-refractivity contribution in [1.29, 1.82) is 0 Å². The van der Waals surface area contributed by atoms with Crippen LogP contribution in [-0.2, 0) is 0 Å². The van der Waals surface area contributed by atoms with Crippen LogP contribution >= 0.6 is 11.3 Å². The predicted molar refractivity (Wildman–Crippen MR) is 81.9 cm³/mol. The molecule has 3 N–H and O–H groups in total. The second-order valence-electron chi connectivity index (χ2n) is 5.81. The standard InChI is InChI=1S/C14H24N4OS/c1-9(2)18-5-4-11(7-18)6-16-13(19)12-8-20-14(17-12)10(3)15/h8-11H,4-7,15H2,1-3H3,(H,16,19).